The minimum absolute atomic E-state index is 0.00284. The van der Waals surface area contributed by atoms with Gasteiger partial charge in [-0.1, -0.05) is 38.1 Å². The maximum atomic E-state index is 12.5. The standard InChI is InChI=1S/C19H24N2O4/c1-12(2)11-20-13(3)10-16(18(14(20)4)19(22)25-5)15-8-6-7-9-17(15)21(23)24/h6-10,12,16H,11H2,1-5H3. The van der Waals surface area contributed by atoms with Gasteiger partial charge >= 0.3 is 5.97 Å². The normalized spacial score (nSPS) is 17.6. The zero-order chi connectivity index (χ0) is 18.7. The molecule has 6 nitrogen and oxygen atoms in total. The first-order chi connectivity index (χ1) is 11.8. The fourth-order valence-corrected chi connectivity index (χ4v) is 3.24. The number of hydrogen-bond donors (Lipinski definition) is 0. The van der Waals surface area contributed by atoms with Crippen LogP contribution in [-0.4, -0.2) is 29.4 Å². The third kappa shape index (κ3) is 3.73. The molecule has 0 radical (unpaired) electrons. The van der Waals surface area contributed by atoms with Crippen molar-refractivity contribution in [2.24, 2.45) is 5.92 Å². The van der Waals surface area contributed by atoms with Gasteiger partial charge in [-0.05, 0) is 19.8 Å². The molecule has 1 atom stereocenters. The largest absolute Gasteiger partial charge is 0.466 e. The van der Waals surface area contributed by atoms with Crippen LogP contribution in [0, 0.1) is 16.0 Å². The minimum Gasteiger partial charge on any atom is -0.466 e. The Morgan fingerprint density at radius 2 is 1.96 bits per heavy atom. The molecule has 1 aliphatic heterocycles. The van der Waals surface area contributed by atoms with E-state index >= 15 is 0 Å². The van der Waals surface area contributed by atoms with Crippen LogP contribution in [0.2, 0.25) is 0 Å². The van der Waals surface area contributed by atoms with E-state index in [0.717, 1.165) is 17.9 Å². The minimum atomic E-state index is -0.502. The molecule has 25 heavy (non-hydrogen) atoms. The van der Waals surface area contributed by atoms with Crippen molar-refractivity contribution in [3.63, 3.8) is 0 Å². The Labute approximate surface area is 147 Å². The summed E-state index contributed by atoms with van der Waals surface area (Å²) in [6.45, 7) is 8.80. The van der Waals surface area contributed by atoms with Crippen molar-refractivity contribution in [1.29, 1.82) is 0 Å². The van der Waals surface area contributed by atoms with Crippen molar-refractivity contribution in [3.8, 4) is 0 Å². The Bertz CT molecular complexity index is 750. The Morgan fingerprint density at radius 3 is 2.52 bits per heavy atom. The van der Waals surface area contributed by atoms with Gasteiger partial charge in [-0.3, -0.25) is 10.1 Å². The SMILES string of the molecule is COC(=O)C1=C(C)N(CC(C)C)C(C)=CC1c1ccccc1[N+](=O)[O-]. The highest BCUT2D eigenvalue weighted by Gasteiger charge is 2.34. The van der Waals surface area contributed by atoms with Crippen LogP contribution in [0.3, 0.4) is 0 Å². The number of hydrogen-bond acceptors (Lipinski definition) is 5. The number of ether oxygens (including phenoxy) is 1. The molecule has 0 saturated carbocycles. The van der Waals surface area contributed by atoms with Crippen LogP contribution in [0.5, 0.6) is 0 Å². The van der Waals surface area contributed by atoms with E-state index in [1.165, 1.54) is 13.2 Å². The van der Waals surface area contributed by atoms with E-state index < -0.39 is 16.8 Å². The fourth-order valence-electron chi connectivity index (χ4n) is 3.24. The maximum Gasteiger partial charge on any atom is 0.336 e. The van der Waals surface area contributed by atoms with Crippen LogP contribution in [-0.2, 0) is 9.53 Å². The summed E-state index contributed by atoms with van der Waals surface area (Å²) in [5, 5.41) is 11.4. The molecule has 1 aromatic carbocycles. The Morgan fingerprint density at radius 1 is 1.32 bits per heavy atom. The lowest BCUT2D eigenvalue weighted by atomic mass is 9.85. The molecule has 0 amide bonds. The summed E-state index contributed by atoms with van der Waals surface area (Å²) in [4.78, 5) is 25.6. The summed E-state index contributed by atoms with van der Waals surface area (Å²) in [7, 11) is 1.33. The molecular formula is C19H24N2O4. The van der Waals surface area contributed by atoms with Gasteiger partial charge in [-0.15, -0.1) is 0 Å². The highest BCUT2D eigenvalue weighted by atomic mass is 16.6. The van der Waals surface area contributed by atoms with Gasteiger partial charge in [0.1, 0.15) is 0 Å². The second-order valence-corrected chi connectivity index (χ2v) is 6.60. The molecule has 0 aromatic heterocycles. The van der Waals surface area contributed by atoms with Crippen LogP contribution >= 0.6 is 0 Å². The van der Waals surface area contributed by atoms with E-state index in [0.29, 0.717) is 17.1 Å². The number of nitro groups is 1. The molecule has 1 aliphatic rings. The van der Waals surface area contributed by atoms with E-state index in [-0.39, 0.29) is 5.69 Å². The summed E-state index contributed by atoms with van der Waals surface area (Å²) in [5.74, 6) is -0.560. The van der Waals surface area contributed by atoms with E-state index in [9.17, 15) is 14.9 Å². The van der Waals surface area contributed by atoms with Crippen LogP contribution < -0.4 is 0 Å². The van der Waals surface area contributed by atoms with Crippen LogP contribution in [0.1, 0.15) is 39.2 Å². The number of allylic oxidation sites excluding steroid dienone is 3. The molecular weight excluding hydrogens is 320 g/mol. The van der Waals surface area contributed by atoms with Gasteiger partial charge < -0.3 is 9.64 Å². The first-order valence-electron chi connectivity index (χ1n) is 8.26. The monoisotopic (exact) mass is 344 g/mol. The molecule has 1 aromatic rings. The number of para-hydroxylation sites is 1. The molecule has 0 aliphatic carbocycles. The highest BCUT2D eigenvalue weighted by Crippen LogP contribution is 2.40. The van der Waals surface area contributed by atoms with Gasteiger partial charge in [0, 0.05) is 35.5 Å². The van der Waals surface area contributed by atoms with E-state index in [1.807, 2.05) is 19.9 Å². The third-order valence-electron chi connectivity index (χ3n) is 4.36. The molecule has 0 fully saturated rings. The number of benzene rings is 1. The quantitative estimate of drug-likeness (QED) is 0.458. The number of carbonyl (C=O) groups is 1. The zero-order valence-electron chi connectivity index (χ0n) is 15.3. The average Bonchev–Trinajstić information content (AvgIpc) is 2.57. The maximum absolute atomic E-state index is 12.5. The molecule has 0 spiro atoms. The van der Waals surface area contributed by atoms with Crippen LogP contribution in [0.25, 0.3) is 0 Å². The molecule has 0 N–H and O–H groups in total. The second kappa shape index (κ2) is 7.51. The Balaban J connectivity index is 2.63. The van der Waals surface area contributed by atoms with Gasteiger partial charge in [0.2, 0.25) is 0 Å². The summed E-state index contributed by atoms with van der Waals surface area (Å²) < 4.78 is 4.98. The summed E-state index contributed by atoms with van der Waals surface area (Å²) in [5.41, 5.74) is 2.70. The summed E-state index contributed by atoms with van der Waals surface area (Å²) >= 11 is 0. The van der Waals surface area contributed by atoms with E-state index in [4.69, 9.17) is 4.74 Å². The first-order valence-corrected chi connectivity index (χ1v) is 8.26. The molecule has 2 rings (SSSR count). The summed E-state index contributed by atoms with van der Waals surface area (Å²) in [6.07, 6.45) is 1.91. The Kier molecular flexibility index (Phi) is 5.62. The van der Waals surface area contributed by atoms with E-state index in [1.54, 1.807) is 18.2 Å². The van der Waals surface area contributed by atoms with Gasteiger partial charge in [0.25, 0.3) is 5.69 Å². The molecule has 6 heteroatoms. The second-order valence-electron chi connectivity index (χ2n) is 6.60. The topological polar surface area (TPSA) is 72.7 Å². The van der Waals surface area contributed by atoms with Gasteiger partial charge in [-0.2, -0.15) is 0 Å². The van der Waals surface area contributed by atoms with Crippen molar-refractivity contribution in [1.82, 2.24) is 4.90 Å². The lowest BCUT2D eigenvalue weighted by Gasteiger charge is -2.35. The van der Waals surface area contributed by atoms with E-state index in [2.05, 4.69) is 18.7 Å². The molecule has 134 valence electrons. The molecule has 1 unspecified atom stereocenters. The van der Waals surface area contributed by atoms with Crippen LogP contribution in [0.4, 0.5) is 5.69 Å². The van der Waals surface area contributed by atoms with Crippen LogP contribution in [0.15, 0.2) is 47.3 Å². The third-order valence-corrected chi connectivity index (χ3v) is 4.36. The Hall–Kier alpha value is -2.63. The number of esters is 1. The number of rotatable bonds is 5. The summed E-state index contributed by atoms with van der Waals surface area (Å²) in [6, 6.07) is 6.53. The van der Waals surface area contributed by atoms with Crippen molar-refractivity contribution < 1.29 is 14.5 Å². The van der Waals surface area contributed by atoms with Crippen molar-refractivity contribution in [3.05, 3.63) is 63.0 Å². The van der Waals surface area contributed by atoms with Gasteiger partial charge in [0.05, 0.1) is 17.6 Å². The fraction of sp³-hybridized carbons (Fsp3) is 0.421. The predicted molar refractivity (Wildman–Crippen MR) is 95.9 cm³/mol. The van der Waals surface area contributed by atoms with Gasteiger partial charge in [-0.25, -0.2) is 4.79 Å². The number of nitrogens with zero attached hydrogens (tertiary/aromatic N) is 2. The zero-order valence-corrected chi connectivity index (χ0v) is 15.3. The van der Waals surface area contributed by atoms with Crippen molar-refractivity contribution in [2.75, 3.05) is 13.7 Å². The number of nitro benzene ring substituents is 1. The van der Waals surface area contributed by atoms with Crippen molar-refractivity contribution in [2.45, 2.75) is 33.6 Å². The molecule has 0 bridgehead atoms. The smallest absolute Gasteiger partial charge is 0.336 e. The first kappa shape index (κ1) is 18.7. The predicted octanol–water partition coefficient (Wildman–Crippen LogP) is 4.00. The molecule has 0 saturated heterocycles. The molecule has 1 heterocycles. The van der Waals surface area contributed by atoms with Crippen molar-refractivity contribution >= 4 is 11.7 Å². The van der Waals surface area contributed by atoms with Gasteiger partial charge in [0.15, 0.2) is 0 Å². The number of methoxy groups -OCH3 is 1. The number of carbonyl (C=O) groups excluding carboxylic acids is 1. The lowest BCUT2D eigenvalue weighted by Crippen LogP contribution is -2.32. The highest BCUT2D eigenvalue weighted by molar-refractivity contribution is 5.92. The average molecular weight is 344 g/mol. The lowest BCUT2D eigenvalue weighted by molar-refractivity contribution is -0.385.